The average Bonchev–Trinajstić information content (AvgIpc) is 2.07. The number of anilines is 1. The number of rotatable bonds is 3. The monoisotopic (exact) mass is 221 g/mol. The maximum Gasteiger partial charge on any atom is 0.316 e. The fourth-order valence-corrected chi connectivity index (χ4v) is 1.30. The Kier molecular flexibility index (Phi) is 3.75. The minimum atomic E-state index is -2.88. The van der Waals surface area contributed by atoms with E-state index < -0.39 is 8.25 Å². The molecular formula is C7H9ClNO3P. The summed E-state index contributed by atoms with van der Waals surface area (Å²) in [5, 5.41) is 0.415. The Morgan fingerprint density at radius 1 is 1.62 bits per heavy atom. The minimum Gasteiger partial charge on any atom is -0.398 e. The molecule has 72 valence electrons. The van der Waals surface area contributed by atoms with Crippen LogP contribution in [-0.2, 0) is 15.7 Å². The Labute approximate surface area is 81.2 Å². The standard InChI is InChI=1S/C7H9ClNO3P/c8-6-3-5(1-2-7(6)9)4-12-13(10)11/h1-3,13H,4,9H2,(H,10,11). The van der Waals surface area contributed by atoms with Gasteiger partial charge in [-0.25, -0.2) is 0 Å². The van der Waals surface area contributed by atoms with Gasteiger partial charge in [0.05, 0.1) is 17.3 Å². The van der Waals surface area contributed by atoms with Gasteiger partial charge in [0, 0.05) is 0 Å². The summed E-state index contributed by atoms with van der Waals surface area (Å²) in [4.78, 5) is 8.40. The van der Waals surface area contributed by atoms with E-state index in [4.69, 9.17) is 22.2 Å². The quantitative estimate of drug-likeness (QED) is 0.603. The first-order chi connectivity index (χ1) is 6.09. The van der Waals surface area contributed by atoms with E-state index in [0.29, 0.717) is 16.3 Å². The zero-order valence-electron chi connectivity index (χ0n) is 6.66. The molecule has 0 aliphatic heterocycles. The molecule has 3 N–H and O–H groups in total. The molecule has 0 aromatic heterocycles. The highest BCUT2D eigenvalue weighted by atomic mass is 35.5. The maximum atomic E-state index is 10.2. The van der Waals surface area contributed by atoms with Crippen molar-refractivity contribution in [1.29, 1.82) is 0 Å². The van der Waals surface area contributed by atoms with Crippen molar-refractivity contribution >= 4 is 25.5 Å². The van der Waals surface area contributed by atoms with Crippen LogP contribution >= 0.6 is 19.9 Å². The van der Waals surface area contributed by atoms with Gasteiger partial charge >= 0.3 is 8.25 Å². The molecule has 1 aromatic rings. The molecule has 0 heterocycles. The summed E-state index contributed by atoms with van der Waals surface area (Å²) < 4.78 is 14.8. The first kappa shape index (κ1) is 10.5. The van der Waals surface area contributed by atoms with Gasteiger partial charge in [0.25, 0.3) is 0 Å². The summed E-state index contributed by atoms with van der Waals surface area (Å²) in [5.74, 6) is 0. The number of benzene rings is 1. The lowest BCUT2D eigenvalue weighted by atomic mass is 10.2. The van der Waals surface area contributed by atoms with E-state index in [0.717, 1.165) is 0 Å². The van der Waals surface area contributed by atoms with Gasteiger partial charge < -0.3 is 15.2 Å². The molecule has 4 nitrogen and oxygen atoms in total. The maximum absolute atomic E-state index is 10.2. The molecule has 0 fully saturated rings. The van der Waals surface area contributed by atoms with Gasteiger partial charge in [0.1, 0.15) is 0 Å². The van der Waals surface area contributed by atoms with Crippen molar-refractivity contribution in [2.45, 2.75) is 6.61 Å². The van der Waals surface area contributed by atoms with Crippen molar-refractivity contribution in [2.24, 2.45) is 0 Å². The smallest absolute Gasteiger partial charge is 0.316 e. The number of nitrogen functional groups attached to an aromatic ring is 1. The SMILES string of the molecule is Nc1ccc(CO[PH](=O)O)cc1Cl. The van der Waals surface area contributed by atoms with Crippen LogP contribution in [0.3, 0.4) is 0 Å². The Morgan fingerprint density at radius 3 is 2.85 bits per heavy atom. The van der Waals surface area contributed by atoms with Gasteiger partial charge in [-0.1, -0.05) is 17.7 Å². The van der Waals surface area contributed by atoms with Crippen molar-refractivity contribution in [2.75, 3.05) is 5.73 Å². The van der Waals surface area contributed by atoms with Crippen molar-refractivity contribution in [3.63, 3.8) is 0 Å². The highest BCUT2D eigenvalue weighted by Gasteiger charge is 1.99. The van der Waals surface area contributed by atoms with Crippen molar-refractivity contribution in [3.05, 3.63) is 28.8 Å². The molecule has 0 saturated carbocycles. The molecule has 0 amide bonds. The third-order valence-corrected chi connectivity index (χ3v) is 2.15. The van der Waals surface area contributed by atoms with E-state index >= 15 is 0 Å². The molecule has 6 heteroatoms. The summed E-state index contributed by atoms with van der Waals surface area (Å²) >= 11 is 5.72. The Bertz CT molecular complexity index is 332. The van der Waals surface area contributed by atoms with E-state index in [9.17, 15) is 4.57 Å². The second-order valence-electron chi connectivity index (χ2n) is 2.41. The van der Waals surface area contributed by atoms with Crippen LogP contribution in [0.15, 0.2) is 18.2 Å². The van der Waals surface area contributed by atoms with Crippen LogP contribution < -0.4 is 5.73 Å². The van der Waals surface area contributed by atoms with Crippen LogP contribution in [-0.4, -0.2) is 4.89 Å². The molecule has 0 radical (unpaired) electrons. The van der Waals surface area contributed by atoms with Gasteiger partial charge in [0.15, 0.2) is 0 Å². The molecule has 1 aromatic carbocycles. The highest BCUT2D eigenvalue weighted by Crippen LogP contribution is 2.23. The van der Waals surface area contributed by atoms with Gasteiger partial charge in [-0.15, -0.1) is 0 Å². The normalized spacial score (nSPS) is 12.8. The van der Waals surface area contributed by atoms with E-state index in [2.05, 4.69) is 4.52 Å². The topological polar surface area (TPSA) is 72.5 Å². The molecule has 1 atom stereocenters. The number of hydrogen-bond acceptors (Lipinski definition) is 3. The lowest BCUT2D eigenvalue weighted by molar-refractivity contribution is 0.272. The summed E-state index contributed by atoms with van der Waals surface area (Å²) in [7, 11) is -2.88. The van der Waals surface area contributed by atoms with Crippen LogP contribution in [0.1, 0.15) is 5.56 Å². The Balaban J connectivity index is 2.68. The summed E-state index contributed by atoms with van der Waals surface area (Å²) in [6, 6.07) is 4.91. The Morgan fingerprint density at radius 2 is 2.31 bits per heavy atom. The van der Waals surface area contributed by atoms with E-state index in [1.54, 1.807) is 18.2 Å². The van der Waals surface area contributed by atoms with Crippen molar-refractivity contribution < 1.29 is 14.0 Å². The fraction of sp³-hybridized carbons (Fsp3) is 0.143. The number of hydrogen-bond donors (Lipinski definition) is 2. The second kappa shape index (κ2) is 4.63. The summed E-state index contributed by atoms with van der Waals surface area (Å²) in [6.45, 7) is 0.0638. The molecular weight excluding hydrogens is 213 g/mol. The van der Waals surface area contributed by atoms with Crippen LogP contribution in [0.2, 0.25) is 5.02 Å². The Hall–Kier alpha value is -0.540. The zero-order valence-corrected chi connectivity index (χ0v) is 8.41. The lowest BCUT2D eigenvalue weighted by Crippen LogP contribution is -1.90. The zero-order chi connectivity index (χ0) is 9.84. The van der Waals surface area contributed by atoms with E-state index in [-0.39, 0.29) is 6.61 Å². The van der Waals surface area contributed by atoms with Crippen molar-refractivity contribution in [1.82, 2.24) is 0 Å². The number of nitrogens with two attached hydrogens (primary N) is 1. The van der Waals surface area contributed by atoms with Gasteiger partial charge in [-0.2, -0.15) is 0 Å². The van der Waals surface area contributed by atoms with Gasteiger partial charge in [-0.05, 0) is 17.7 Å². The van der Waals surface area contributed by atoms with Gasteiger partial charge in [0.2, 0.25) is 0 Å². The molecule has 0 aliphatic carbocycles. The van der Waals surface area contributed by atoms with Crippen molar-refractivity contribution in [3.8, 4) is 0 Å². The van der Waals surface area contributed by atoms with Gasteiger partial charge in [-0.3, -0.25) is 4.57 Å². The molecule has 0 spiro atoms. The minimum absolute atomic E-state index is 0.0638. The van der Waals surface area contributed by atoms with E-state index in [1.807, 2.05) is 0 Å². The first-order valence-electron chi connectivity index (χ1n) is 3.49. The molecule has 0 saturated heterocycles. The second-order valence-corrected chi connectivity index (χ2v) is 3.64. The molecule has 1 rings (SSSR count). The first-order valence-corrected chi connectivity index (χ1v) is 5.13. The predicted octanol–water partition coefficient (Wildman–Crippen LogP) is 1.82. The van der Waals surface area contributed by atoms with Crippen LogP contribution in [0.4, 0.5) is 5.69 Å². The highest BCUT2D eigenvalue weighted by molar-refractivity contribution is 7.32. The third-order valence-electron chi connectivity index (χ3n) is 1.43. The lowest BCUT2D eigenvalue weighted by Gasteiger charge is -2.02. The van der Waals surface area contributed by atoms with Crippen LogP contribution in [0, 0.1) is 0 Å². The average molecular weight is 222 g/mol. The molecule has 13 heavy (non-hydrogen) atoms. The number of halogens is 1. The summed E-state index contributed by atoms with van der Waals surface area (Å²) in [5.41, 5.74) is 6.66. The molecule has 0 bridgehead atoms. The largest absolute Gasteiger partial charge is 0.398 e. The predicted molar refractivity (Wildman–Crippen MR) is 51.9 cm³/mol. The fourth-order valence-electron chi connectivity index (χ4n) is 0.805. The summed E-state index contributed by atoms with van der Waals surface area (Å²) in [6.07, 6.45) is 0. The molecule has 1 unspecified atom stereocenters. The van der Waals surface area contributed by atoms with E-state index in [1.165, 1.54) is 0 Å². The van der Waals surface area contributed by atoms with Crippen LogP contribution in [0.5, 0.6) is 0 Å². The third kappa shape index (κ3) is 3.36. The molecule has 0 aliphatic rings. The van der Waals surface area contributed by atoms with Crippen LogP contribution in [0.25, 0.3) is 0 Å².